The second kappa shape index (κ2) is 8.60. The number of thiazole rings is 1. The lowest BCUT2D eigenvalue weighted by molar-refractivity contribution is -0.384. The van der Waals surface area contributed by atoms with E-state index in [-0.39, 0.29) is 29.5 Å². The van der Waals surface area contributed by atoms with Crippen LogP contribution in [0, 0.1) is 16.0 Å². The number of likely N-dealkylation sites (tertiary alicyclic amines) is 1. The summed E-state index contributed by atoms with van der Waals surface area (Å²) >= 11 is 1.35. The highest BCUT2D eigenvalue weighted by atomic mass is 32.1. The van der Waals surface area contributed by atoms with Crippen LogP contribution in [0.15, 0.2) is 24.3 Å². The van der Waals surface area contributed by atoms with Crippen LogP contribution in [-0.2, 0) is 16.0 Å². The lowest BCUT2D eigenvalue weighted by Crippen LogP contribution is -2.39. The van der Waals surface area contributed by atoms with Gasteiger partial charge in [0.05, 0.1) is 28.9 Å². The zero-order chi connectivity index (χ0) is 22.1. The monoisotopic (exact) mass is 445 g/mol. The van der Waals surface area contributed by atoms with Crippen molar-refractivity contribution >= 4 is 28.0 Å². The highest BCUT2D eigenvalue weighted by Gasteiger charge is 2.34. The van der Waals surface area contributed by atoms with Crippen molar-refractivity contribution in [2.75, 3.05) is 20.2 Å². The molecule has 3 aromatic rings. The third-order valence-electron chi connectivity index (χ3n) is 5.66. The van der Waals surface area contributed by atoms with E-state index in [0.717, 1.165) is 5.56 Å². The Kier molecular flexibility index (Phi) is 5.88. The van der Waals surface area contributed by atoms with E-state index >= 15 is 0 Å². The van der Waals surface area contributed by atoms with Gasteiger partial charge in [-0.3, -0.25) is 19.8 Å². The number of benzene rings is 1. The van der Waals surface area contributed by atoms with E-state index in [1.54, 1.807) is 12.1 Å². The van der Waals surface area contributed by atoms with Crippen molar-refractivity contribution < 1.29 is 19.6 Å². The number of nitrogens with zero attached hydrogens (tertiary/aromatic N) is 5. The number of rotatable bonds is 6. The fourth-order valence-electron chi connectivity index (χ4n) is 3.98. The second-order valence-corrected chi connectivity index (χ2v) is 8.46. The summed E-state index contributed by atoms with van der Waals surface area (Å²) in [6.07, 6.45) is 1.94. The molecule has 1 fully saturated rings. The van der Waals surface area contributed by atoms with Crippen LogP contribution in [0.5, 0.6) is 5.88 Å². The molecule has 0 amide bonds. The number of nitro benzene ring substituents is 1. The van der Waals surface area contributed by atoms with Crippen LogP contribution in [0.1, 0.15) is 42.1 Å². The van der Waals surface area contributed by atoms with Crippen molar-refractivity contribution in [3.8, 4) is 5.88 Å². The van der Waals surface area contributed by atoms with Gasteiger partial charge in [-0.2, -0.15) is 4.52 Å². The molecule has 1 atom stereocenters. The van der Waals surface area contributed by atoms with Gasteiger partial charge >= 0.3 is 5.97 Å². The zero-order valence-electron chi connectivity index (χ0n) is 17.2. The number of aryl methyl sites for hydroxylation is 1. The minimum absolute atomic E-state index is 0.00589. The Morgan fingerprint density at radius 2 is 2.03 bits per heavy atom. The summed E-state index contributed by atoms with van der Waals surface area (Å²) in [5, 5.41) is 26.4. The Labute approximate surface area is 182 Å². The molecule has 1 aromatic carbocycles. The first-order valence-corrected chi connectivity index (χ1v) is 10.9. The molecule has 0 saturated carbocycles. The molecule has 31 heavy (non-hydrogen) atoms. The molecule has 0 radical (unpaired) electrons. The van der Waals surface area contributed by atoms with Crippen molar-refractivity contribution in [3.63, 3.8) is 0 Å². The van der Waals surface area contributed by atoms with E-state index in [1.807, 2.05) is 6.92 Å². The minimum atomic E-state index is -0.437. The lowest BCUT2D eigenvalue weighted by atomic mass is 9.93. The average molecular weight is 446 g/mol. The number of aromatic hydroxyl groups is 1. The quantitative estimate of drug-likeness (QED) is 0.349. The highest BCUT2D eigenvalue weighted by Crippen LogP contribution is 2.41. The molecular weight excluding hydrogens is 422 g/mol. The molecule has 3 heterocycles. The summed E-state index contributed by atoms with van der Waals surface area (Å²) in [6.45, 7) is 3.19. The second-order valence-electron chi connectivity index (χ2n) is 7.45. The van der Waals surface area contributed by atoms with E-state index in [2.05, 4.69) is 15.0 Å². The van der Waals surface area contributed by atoms with Crippen molar-refractivity contribution in [2.45, 2.75) is 32.2 Å². The maximum atomic E-state index is 11.9. The van der Waals surface area contributed by atoms with Crippen LogP contribution in [0.3, 0.4) is 0 Å². The molecule has 1 aliphatic rings. The number of fused-ring (bicyclic) bond motifs is 1. The molecule has 0 bridgehead atoms. The average Bonchev–Trinajstić information content (AvgIpc) is 3.33. The number of non-ortho nitro benzene ring substituents is 1. The van der Waals surface area contributed by atoms with Gasteiger partial charge in [0, 0.05) is 18.6 Å². The Morgan fingerprint density at radius 3 is 2.58 bits per heavy atom. The van der Waals surface area contributed by atoms with Gasteiger partial charge in [-0.1, -0.05) is 30.4 Å². The molecule has 4 rings (SSSR count). The molecule has 0 spiro atoms. The lowest BCUT2D eigenvalue weighted by Gasteiger charge is -2.36. The minimum Gasteiger partial charge on any atom is -0.492 e. The Hall–Kier alpha value is -3.05. The van der Waals surface area contributed by atoms with Gasteiger partial charge in [-0.05, 0) is 31.5 Å². The molecule has 10 nitrogen and oxygen atoms in total. The van der Waals surface area contributed by atoms with E-state index in [9.17, 15) is 20.0 Å². The number of nitro groups is 1. The molecule has 1 unspecified atom stereocenters. The number of piperidine rings is 1. The van der Waals surface area contributed by atoms with Crippen molar-refractivity contribution in [2.24, 2.45) is 5.92 Å². The first kappa shape index (κ1) is 21.2. The number of ether oxygens (including phenoxy) is 1. The summed E-state index contributed by atoms with van der Waals surface area (Å²) in [5.41, 5.74) is 0.823. The predicted molar refractivity (Wildman–Crippen MR) is 113 cm³/mol. The maximum Gasteiger partial charge on any atom is 0.308 e. The number of methoxy groups -OCH3 is 1. The fraction of sp³-hybridized carbons (Fsp3) is 0.450. The van der Waals surface area contributed by atoms with Gasteiger partial charge in [-0.15, -0.1) is 5.10 Å². The number of esters is 1. The molecule has 164 valence electrons. The summed E-state index contributed by atoms with van der Waals surface area (Å²) in [7, 11) is 1.39. The summed E-state index contributed by atoms with van der Waals surface area (Å²) in [4.78, 5) is 30.5. The van der Waals surface area contributed by atoms with E-state index < -0.39 is 4.92 Å². The molecule has 1 saturated heterocycles. The Balaban J connectivity index is 1.71. The molecule has 1 aliphatic heterocycles. The van der Waals surface area contributed by atoms with E-state index in [1.165, 1.54) is 35.1 Å². The summed E-state index contributed by atoms with van der Waals surface area (Å²) in [6, 6.07) is 6.02. The number of aromatic nitrogens is 3. The zero-order valence-corrected chi connectivity index (χ0v) is 18.0. The van der Waals surface area contributed by atoms with Gasteiger partial charge in [0.2, 0.25) is 10.8 Å². The van der Waals surface area contributed by atoms with Gasteiger partial charge in [0.1, 0.15) is 0 Å². The molecule has 1 N–H and O–H groups in total. The maximum absolute atomic E-state index is 11.9. The van der Waals surface area contributed by atoms with Crippen LogP contribution in [-0.4, -0.2) is 55.7 Å². The Bertz CT molecular complexity index is 1100. The fourth-order valence-corrected chi connectivity index (χ4v) is 5.12. The topological polar surface area (TPSA) is 123 Å². The van der Waals surface area contributed by atoms with E-state index in [0.29, 0.717) is 48.0 Å². The number of hydrogen-bond acceptors (Lipinski definition) is 9. The van der Waals surface area contributed by atoms with Crippen LogP contribution in [0.25, 0.3) is 4.96 Å². The smallest absolute Gasteiger partial charge is 0.308 e. The third kappa shape index (κ3) is 3.98. The van der Waals surface area contributed by atoms with Crippen LogP contribution in [0.2, 0.25) is 0 Å². The number of carbonyl (C=O) groups is 1. The van der Waals surface area contributed by atoms with Gasteiger partial charge in [0.15, 0.2) is 5.82 Å². The molecule has 2 aromatic heterocycles. The Morgan fingerprint density at radius 1 is 1.35 bits per heavy atom. The van der Waals surface area contributed by atoms with Crippen molar-refractivity contribution in [1.82, 2.24) is 19.5 Å². The third-order valence-corrected chi connectivity index (χ3v) is 6.73. The first-order valence-electron chi connectivity index (χ1n) is 10.1. The number of carbonyl (C=O) groups excluding carboxylic acids is 1. The SMILES string of the molecule is CCc1nc2sc(C(c3ccc([N+](=O)[O-])cc3)N3CCC(C(=O)OC)CC3)c(O)n2n1. The van der Waals surface area contributed by atoms with Crippen LogP contribution >= 0.6 is 11.3 Å². The van der Waals surface area contributed by atoms with Gasteiger partial charge in [0.25, 0.3) is 5.69 Å². The molecular formula is C20H23N5O5S. The van der Waals surface area contributed by atoms with Crippen LogP contribution < -0.4 is 0 Å². The largest absolute Gasteiger partial charge is 0.492 e. The standard InChI is InChI=1S/C20H23N5O5S/c1-3-15-21-20-24(22-15)18(26)17(31-20)16(12-4-6-14(7-5-12)25(28)29)23-10-8-13(9-11-23)19(27)30-2/h4-7,13,16,26H,3,8-11H2,1-2H3. The van der Waals surface area contributed by atoms with Gasteiger partial charge < -0.3 is 9.84 Å². The highest BCUT2D eigenvalue weighted by molar-refractivity contribution is 7.17. The molecule has 11 heteroatoms. The van der Waals surface area contributed by atoms with Gasteiger partial charge in [-0.25, -0.2) is 4.98 Å². The normalized spacial score (nSPS) is 16.5. The van der Waals surface area contributed by atoms with Crippen molar-refractivity contribution in [3.05, 3.63) is 50.6 Å². The summed E-state index contributed by atoms with van der Waals surface area (Å²) < 4.78 is 6.32. The van der Waals surface area contributed by atoms with Crippen molar-refractivity contribution in [1.29, 1.82) is 0 Å². The number of hydrogen-bond donors (Lipinski definition) is 1. The van der Waals surface area contributed by atoms with E-state index in [4.69, 9.17) is 4.74 Å². The predicted octanol–water partition coefficient (Wildman–Crippen LogP) is 2.94. The summed E-state index contributed by atoms with van der Waals surface area (Å²) in [5.74, 6) is 0.312. The van der Waals surface area contributed by atoms with Crippen LogP contribution in [0.4, 0.5) is 5.69 Å². The molecule has 0 aliphatic carbocycles. The first-order chi connectivity index (χ1) is 14.9.